The number of hydrogen-bond donors (Lipinski definition) is 2. The van der Waals surface area contributed by atoms with Crippen LogP contribution >= 0.6 is 0 Å². The monoisotopic (exact) mass is 229 g/mol. The van der Waals surface area contributed by atoms with E-state index in [4.69, 9.17) is 10.8 Å². The number of amides is 1. The number of carboxylic acid groups (broad SMARTS) is 1. The van der Waals surface area contributed by atoms with Gasteiger partial charge in [0.25, 0.3) is 0 Å². The lowest BCUT2D eigenvalue weighted by Gasteiger charge is -1.96. The molecule has 0 fully saturated rings. The van der Waals surface area contributed by atoms with Gasteiger partial charge >= 0.3 is 5.97 Å². The van der Waals surface area contributed by atoms with Crippen LogP contribution in [0.5, 0.6) is 0 Å². The van der Waals surface area contributed by atoms with Gasteiger partial charge in [-0.25, -0.2) is 4.79 Å². The number of carboxylic acids is 1. The molecule has 3 N–H and O–H groups in total. The van der Waals surface area contributed by atoms with Crippen molar-refractivity contribution >= 4 is 18.0 Å². The highest BCUT2D eigenvalue weighted by atomic mass is 16.4. The fourth-order valence-electron chi connectivity index (χ4n) is 1.14. The van der Waals surface area contributed by atoms with Crippen molar-refractivity contribution in [2.75, 3.05) is 0 Å². The molecular formula is C13H11NO3. The van der Waals surface area contributed by atoms with Crippen molar-refractivity contribution in [2.45, 2.75) is 6.42 Å². The molecule has 0 atom stereocenters. The average Bonchev–Trinajstić information content (AvgIpc) is 2.27. The molecule has 0 saturated carbocycles. The van der Waals surface area contributed by atoms with Crippen molar-refractivity contribution in [3.05, 3.63) is 41.5 Å². The lowest BCUT2D eigenvalue weighted by Crippen LogP contribution is -2.08. The molecule has 0 aliphatic heterocycles. The van der Waals surface area contributed by atoms with Crippen molar-refractivity contribution in [1.82, 2.24) is 0 Å². The molecule has 0 unspecified atom stereocenters. The Hall–Kier alpha value is -2.54. The molecule has 0 heterocycles. The highest BCUT2D eigenvalue weighted by Gasteiger charge is 1.95. The molecule has 4 nitrogen and oxygen atoms in total. The zero-order valence-electron chi connectivity index (χ0n) is 9.01. The van der Waals surface area contributed by atoms with E-state index in [0.717, 1.165) is 6.08 Å². The third-order valence-corrected chi connectivity index (χ3v) is 1.85. The molecule has 1 aromatic carbocycles. The van der Waals surface area contributed by atoms with Gasteiger partial charge in [0.05, 0.1) is 6.42 Å². The Labute approximate surface area is 98.8 Å². The van der Waals surface area contributed by atoms with E-state index in [-0.39, 0.29) is 6.42 Å². The second kappa shape index (κ2) is 6.13. The van der Waals surface area contributed by atoms with Gasteiger partial charge in [0.2, 0.25) is 5.91 Å². The molecule has 0 spiro atoms. The smallest absolute Gasteiger partial charge is 0.328 e. The lowest BCUT2D eigenvalue weighted by atomic mass is 10.1. The van der Waals surface area contributed by atoms with Gasteiger partial charge in [-0.2, -0.15) is 0 Å². The summed E-state index contributed by atoms with van der Waals surface area (Å²) in [6.45, 7) is 0. The third-order valence-electron chi connectivity index (χ3n) is 1.85. The Bertz CT molecular complexity index is 521. The molecule has 1 amide bonds. The van der Waals surface area contributed by atoms with Crippen molar-refractivity contribution in [1.29, 1.82) is 0 Å². The fourth-order valence-corrected chi connectivity index (χ4v) is 1.14. The van der Waals surface area contributed by atoms with E-state index in [1.165, 1.54) is 6.08 Å². The topological polar surface area (TPSA) is 80.4 Å². The lowest BCUT2D eigenvalue weighted by molar-refractivity contribution is -0.131. The fraction of sp³-hybridized carbons (Fsp3) is 0.0769. The van der Waals surface area contributed by atoms with Crippen LogP contribution in [0.25, 0.3) is 6.08 Å². The SMILES string of the molecule is NC(=O)CC#Cc1ccccc1/C=C/C(=O)O. The maximum Gasteiger partial charge on any atom is 0.328 e. The zero-order valence-corrected chi connectivity index (χ0v) is 9.01. The first-order valence-electron chi connectivity index (χ1n) is 4.87. The van der Waals surface area contributed by atoms with Crippen LogP contribution in [0.3, 0.4) is 0 Å². The van der Waals surface area contributed by atoms with E-state index in [1.807, 2.05) is 0 Å². The molecule has 1 rings (SSSR count). The number of hydrogen-bond acceptors (Lipinski definition) is 2. The second-order valence-electron chi connectivity index (χ2n) is 3.20. The first-order valence-corrected chi connectivity index (χ1v) is 4.87. The normalized spacial score (nSPS) is 9.65. The number of rotatable bonds is 3. The first-order chi connectivity index (χ1) is 8.09. The number of benzene rings is 1. The summed E-state index contributed by atoms with van der Waals surface area (Å²) in [5.74, 6) is 3.88. The van der Waals surface area contributed by atoms with Crippen LogP contribution < -0.4 is 5.73 Å². The molecule has 0 aliphatic carbocycles. The van der Waals surface area contributed by atoms with Crippen LogP contribution in [0.1, 0.15) is 17.5 Å². The van der Waals surface area contributed by atoms with Crippen molar-refractivity contribution in [3.8, 4) is 11.8 Å². The summed E-state index contributed by atoms with van der Waals surface area (Å²) in [6.07, 6.45) is 2.47. The van der Waals surface area contributed by atoms with Gasteiger partial charge in [-0.1, -0.05) is 30.0 Å². The van der Waals surface area contributed by atoms with Crippen LogP contribution in [0, 0.1) is 11.8 Å². The van der Waals surface area contributed by atoms with Crippen LogP contribution in [-0.4, -0.2) is 17.0 Å². The van der Waals surface area contributed by atoms with E-state index in [9.17, 15) is 9.59 Å². The quantitative estimate of drug-likeness (QED) is 0.599. The highest BCUT2D eigenvalue weighted by Crippen LogP contribution is 2.09. The molecule has 1 aromatic rings. The Morgan fingerprint density at radius 1 is 1.35 bits per heavy atom. The third kappa shape index (κ3) is 4.67. The van der Waals surface area contributed by atoms with Crippen LogP contribution in [-0.2, 0) is 9.59 Å². The van der Waals surface area contributed by atoms with Gasteiger partial charge < -0.3 is 10.8 Å². The van der Waals surface area contributed by atoms with Gasteiger partial charge in [-0.3, -0.25) is 4.79 Å². The largest absolute Gasteiger partial charge is 0.478 e. The molecule has 0 saturated heterocycles. The minimum absolute atomic E-state index is 0.0169. The molecular weight excluding hydrogens is 218 g/mol. The molecule has 17 heavy (non-hydrogen) atoms. The molecule has 4 heteroatoms. The van der Waals surface area contributed by atoms with Crippen LogP contribution in [0.4, 0.5) is 0 Å². The standard InChI is InChI=1S/C13H11NO3/c14-12(15)7-3-6-10-4-1-2-5-11(10)8-9-13(16)17/h1-2,4-5,8-9H,7H2,(H2,14,15)(H,16,17)/b9-8+. The Morgan fingerprint density at radius 2 is 2.06 bits per heavy atom. The molecule has 0 bridgehead atoms. The molecule has 0 aromatic heterocycles. The Balaban J connectivity index is 2.94. The van der Waals surface area contributed by atoms with Gasteiger partial charge in [0, 0.05) is 11.6 Å². The summed E-state index contributed by atoms with van der Waals surface area (Å²) in [6, 6.07) is 7.05. The predicted octanol–water partition coefficient (Wildman–Crippen LogP) is 1.01. The maximum atomic E-state index is 10.5. The summed E-state index contributed by atoms with van der Waals surface area (Å²) in [4.78, 5) is 20.9. The minimum atomic E-state index is -1.02. The Morgan fingerprint density at radius 3 is 2.71 bits per heavy atom. The summed E-state index contributed by atoms with van der Waals surface area (Å²) in [5, 5.41) is 8.53. The second-order valence-corrected chi connectivity index (χ2v) is 3.20. The summed E-state index contributed by atoms with van der Waals surface area (Å²) in [7, 11) is 0. The zero-order chi connectivity index (χ0) is 12.7. The van der Waals surface area contributed by atoms with Gasteiger partial charge in [-0.15, -0.1) is 0 Å². The summed E-state index contributed by atoms with van der Waals surface area (Å²) < 4.78 is 0. The van der Waals surface area contributed by atoms with E-state index in [2.05, 4.69) is 11.8 Å². The number of primary amides is 1. The number of carbonyl (C=O) groups excluding carboxylic acids is 1. The summed E-state index contributed by atoms with van der Waals surface area (Å²) >= 11 is 0. The van der Waals surface area contributed by atoms with Crippen LogP contribution in [0.2, 0.25) is 0 Å². The maximum absolute atomic E-state index is 10.5. The minimum Gasteiger partial charge on any atom is -0.478 e. The molecule has 0 radical (unpaired) electrons. The van der Waals surface area contributed by atoms with Gasteiger partial charge in [0.15, 0.2) is 0 Å². The van der Waals surface area contributed by atoms with Crippen molar-refractivity contribution in [2.24, 2.45) is 5.73 Å². The van der Waals surface area contributed by atoms with Crippen LogP contribution in [0.15, 0.2) is 30.3 Å². The van der Waals surface area contributed by atoms with Gasteiger partial charge in [0.1, 0.15) is 0 Å². The van der Waals surface area contributed by atoms with Crippen molar-refractivity contribution < 1.29 is 14.7 Å². The summed E-state index contributed by atoms with van der Waals surface area (Å²) in [5.41, 5.74) is 6.31. The van der Waals surface area contributed by atoms with E-state index in [0.29, 0.717) is 11.1 Å². The first kappa shape index (κ1) is 12.5. The highest BCUT2D eigenvalue weighted by molar-refractivity contribution is 5.86. The Kier molecular flexibility index (Phi) is 4.52. The predicted molar refractivity (Wildman–Crippen MR) is 63.8 cm³/mol. The molecule has 86 valence electrons. The van der Waals surface area contributed by atoms with Gasteiger partial charge in [-0.05, 0) is 17.7 Å². The number of aliphatic carboxylic acids is 1. The van der Waals surface area contributed by atoms with E-state index in [1.54, 1.807) is 24.3 Å². The van der Waals surface area contributed by atoms with Crippen molar-refractivity contribution in [3.63, 3.8) is 0 Å². The molecule has 0 aliphatic rings. The number of carbonyl (C=O) groups is 2. The van der Waals surface area contributed by atoms with E-state index >= 15 is 0 Å². The average molecular weight is 229 g/mol. The van der Waals surface area contributed by atoms with E-state index < -0.39 is 11.9 Å². The number of nitrogens with two attached hydrogens (primary N) is 1.